The lowest BCUT2D eigenvalue weighted by Gasteiger charge is -2.27. The molecular formula is C16H20N2O2S. The van der Waals surface area contributed by atoms with Gasteiger partial charge in [-0.1, -0.05) is 0 Å². The molecule has 2 saturated heterocycles. The van der Waals surface area contributed by atoms with E-state index in [4.69, 9.17) is 0 Å². The molecule has 0 unspecified atom stereocenters. The Labute approximate surface area is 128 Å². The van der Waals surface area contributed by atoms with Crippen molar-refractivity contribution in [2.75, 3.05) is 13.1 Å². The van der Waals surface area contributed by atoms with E-state index >= 15 is 0 Å². The van der Waals surface area contributed by atoms with Gasteiger partial charge in [-0.3, -0.25) is 9.59 Å². The molecule has 21 heavy (non-hydrogen) atoms. The summed E-state index contributed by atoms with van der Waals surface area (Å²) in [7, 11) is 0. The van der Waals surface area contributed by atoms with Gasteiger partial charge in [0, 0.05) is 25.6 Å². The minimum Gasteiger partial charge on any atom is -0.339 e. The number of rotatable bonds is 3. The number of likely N-dealkylation sites (tertiary alicyclic amines) is 2. The maximum Gasteiger partial charge on any atom is 0.228 e. The van der Waals surface area contributed by atoms with Gasteiger partial charge >= 0.3 is 0 Å². The number of carbonyl (C=O) groups is 2. The van der Waals surface area contributed by atoms with Gasteiger partial charge in [0.15, 0.2) is 0 Å². The second-order valence-corrected chi connectivity index (χ2v) is 7.20. The number of amides is 2. The summed E-state index contributed by atoms with van der Waals surface area (Å²) in [6, 6.07) is 2.78. The number of hydrogen-bond donors (Lipinski definition) is 0. The summed E-state index contributed by atoms with van der Waals surface area (Å²) in [4.78, 5) is 28.9. The first-order valence-corrected chi connectivity index (χ1v) is 8.80. The zero-order valence-corrected chi connectivity index (χ0v) is 12.8. The van der Waals surface area contributed by atoms with E-state index in [1.54, 1.807) is 11.3 Å². The monoisotopic (exact) mass is 304 g/mol. The maximum atomic E-state index is 12.8. The quantitative estimate of drug-likeness (QED) is 0.860. The minimum atomic E-state index is -0.114. The van der Waals surface area contributed by atoms with E-state index in [0.717, 1.165) is 32.2 Å². The molecule has 1 aliphatic carbocycles. The average molecular weight is 304 g/mol. The Morgan fingerprint density at radius 2 is 2.14 bits per heavy atom. The zero-order chi connectivity index (χ0) is 14.4. The predicted molar refractivity (Wildman–Crippen MR) is 80.8 cm³/mol. The van der Waals surface area contributed by atoms with Crippen LogP contribution < -0.4 is 0 Å². The lowest BCUT2D eigenvalue weighted by molar-refractivity contribution is -0.136. The van der Waals surface area contributed by atoms with E-state index in [1.807, 2.05) is 9.80 Å². The van der Waals surface area contributed by atoms with Crippen LogP contribution in [-0.4, -0.2) is 40.7 Å². The average Bonchev–Trinajstić information content (AvgIpc) is 2.94. The van der Waals surface area contributed by atoms with Crippen LogP contribution in [0.25, 0.3) is 0 Å². The van der Waals surface area contributed by atoms with Crippen molar-refractivity contribution in [2.45, 2.75) is 44.2 Å². The van der Waals surface area contributed by atoms with E-state index in [9.17, 15) is 9.59 Å². The number of carbonyl (C=O) groups excluding carboxylic acids is 2. The van der Waals surface area contributed by atoms with Crippen LogP contribution in [0, 0.1) is 5.92 Å². The van der Waals surface area contributed by atoms with Crippen LogP contribution in [0.4, 0.5) is 0 Å². The van der Waals surface area contributed by atoms with Gasteiger partial charge in [-0.2, -0.15) is 11.3 Å². The number of hydrogen-bond acceptors (Lipinski definition) is 3. The summed E-state index contributed by atoms with van der Waals surface area (Å²) in [5, 5.41) is 4.22. The summed E-state index contributed by atoms with van der Waals surface area (Å²) in [6.07, 6.45) is 4.78. The molecule has 0 spiro atoms. The molecule has 1 aromatic heterocycles. The van der Waals surface area contributed by atoms with Crippen LogP contribution in [0.2, 0.25) is 0 Å². The van der Waals surface area contributed by atoms with Crippen molar-refractivity contribution in [3.05, 3.63) is 22.4 Å². The third-order valence-corrected chi connectivity index (χ3v) is 5.66. The SMILES string of the molecule is O=C1C[C@@H](C(=O)N2CCC[C@@H]2c2ccsc2)CN1C1CC1. The van der Waals surface area contributed by atoms with Crippen molar-refractivity contribution in [3.63, 3.8) is 0 Å². The topological polar surface area (TPSA) is 40.6 Å². The highest BCUT2D eigenvalue weighted by molar-refractivity contribution is 7.07. The molecule has 3 heterocycles. The summed E-state index contributed by atoms with van der Waals surface area (Å²) < 4.78 is 0. The van der Waals surface area contributed by atoms with Gasteiger partial charge in [0.1, 0.15) is 0 Å². The number of nitrogens with zero attached hydrogens (tertiary/aromatic N) is 2. The fourth-order valence-corrected chi connectivity index (χ4v) is 4.42. The zero-order valence-electron chi connectivity index (χ0n) is 12.0. The van der Waals surface area contributed by atoms with Gasteiger partial charge in [-0.05, 0) is 48.1 Å². The van der Waals surface area contributed by atoms with Crippen molar-refractivity contribution < 1.29 is 9.59 Å². The fourth-order valence-electron chi connectivity index (χ4n) is 3.71. The summed E-state index contributed by atoms with van der Waals surface area (Å²) >= 11 is 1.69. The Hall–Kier alpha value is -1.36. The third kappa shape index (κ3) is 2.37. The molecule has 0 bridgehead atoms. The molecule has 3 aliphatic rings. The molecular weight excluding hydrogens is 284 g/mol. The lowest BCUT2D eigenvalue weighted by atomic mass is 10.0. The van der Waals surface area contributed by atoms with Crippen molar-refractivity contribution in [3.8, 4) is 0 Å². The van der Waals surface area contributed by atoms with Crippen LogP contribution in [0.1, 0.15) is 43.7 Å². The molecule has 2 atom stereocenters. The van der Waals surface area contributed by atoms with Gasteiger partial charge in [0.05, 0.1) is 12.0 Å². The molecule has 2 amide bonds. The summed E-state index contributed by atoms with van der Waals surface area (Å²) in [6.45, 7) is 1.49. The van der Waals surface area contributed by atoms with Crippen molar-refractivity contribution in [2.24, 2.45) is 5.92 Å². The first-order valence-electron chi connectivity index (χ1n) is 7.86. The Morgan fingerprint density at radius 3 is 2.86 bits per heavy atom. The lowest BCUT2D eigenvalue weighted by Crippen LogP contribution is -2.37. The molecule has 1 saturated carbocycles. The Balaban J connectivity index is 1.48. The summed E-state index contributed by atoms with van der Waals surface area (Å²) in [5.74, 6) is 0.264. The Bertz CT molecular complexity index is 553. The van der Waals surface area contributed by atoms with Gasteiger partial charge in [0.2, 0.25) is 11.8 Å². The normalized spacial score (nSPS) is 29.4. The predicted octanol–water partition coefficient (Wildman–Crippen LogP) is 2.42. The highest BCUT2D eigenvalue weighted by Crippen LogP contribution is 2.37. The van der Waals surface area contributed by atoms with Gasteiger partial charge in [0.25, 0.3) is 0 Å². The van der Waals surface area contributed by atoms with Gasteiger partial charge < -0.3 is 9.80 Å². The third-order valence-electron chi connectivity index (χ3n) is 4.96. The highest BCUT2D eigenvalue weighted by atomic mass is 32.1. The molecule has 112 valence electrons. The Kier molecular flexibility index (Phi) is 3.25. The van der Waals surface area contributed by atoms with E-state index in [1.165, 1.54) is 5.56 Å². The summed E-state index contributed by atoms with van der Waals surface area (Å²) in [5.41, 5.74) is 1.26. The largest absolute Gasteiger partial charge is 0.339 e. The van der Waals surface area contributed by atoms with Crippen LogP contribution in [-0.2, 0) is 9.59 Å². The molecule has 0 N–H and O–H groups in total. The molecule has 5 heteroatoms. The van der Waals surface area contributed by atoms with E-state index in [0.29, 0.717) is 19.0 Å². The second kappa shape index (κ2) is 5.13. The molecule has 2 aliphatic heterocycles. The maximum absolute atomic E-state index is 12.8. The smallest absolute Gasteiger partial charge is 0.228 e. The number of thiophene rings is 1. The first-order chi connectivity index (χ1) is 10.2. The minimum absolute atomic E-state index is 0.114. The highest BCUT2D eigenvalue weighted by Gasteiger charge is 2.44. The molecule has 4 nitrogen and oxygen atoms in total. The molecule has 3 fully saturated rings. The Morgan fingerprint density at radius 1 is 1.29 bits per heavy atom. The van der Waals surface area contributed by atoms with Crippen LogP contribution >= 0.6 is 11.3 Å². The fraction of sp³-hybridized carbons (Fsp3) is 0.625. The standard InChI is InChI=1S/C16H20N2O2S/c19-15-8-12(9-18(15)13-3-4-13)16(20)17-6-1-2-14(17)11-5-7-21-10-11/h5,7,10,12-14H,1-4,6,8-9H2/t12-,14-/m1/s1. The first kappa shape index (κ1) is 13.3. The van der Waals surface area contributed by atoms with Gasteiger partial charge in [-0.25, -0.2) is 0 Å². The molecule has 1 aromatic rings. The molecule has 0 aromatic carbocycles. The molecule has 0 radical (unpaired) electrons. The van der Waals surface area contributed by atoms with Crippen molar-refractivity contribution in [1.29, 1.82) is 0 Å². The van der Waals surface area contributed by atoms with Crippen molar-refractivity contribution in [1.82, 2.24) is 9.80 Å². The second-order valence-electron chi connectivity index (χ2n) is 6.42. The van der Waals surface area contributed by atoms with E-state index in [2.05, 4.69) is 16.8 Å². The van der Waals surface area contributed by atoms with E-state index in [-0.39, 0.29) is 23.8 Å². The van der Waals surface area contributed by atoms with Crippen molar-refractivity contribution >= 4 is 23.2 Å². The van der Waals surface area contributed by atoms with E-state index < -0.39 is 0 Å². The van der Waals surface area contributed by atoms with Gasteiger partial charge in [-0.15, -0.1) is 0 Å². The van der Waals surface area contributed by atoms with Crippen LogP contribution in [0.3, 0.4) is 0 Å². The van der Waals surface area contributed by atoms with Crippen LogP contribution in [0.15, 0.2) is 16.8 Å². The van der Waals surface area contributed by atoms with Crippen LogP contribution in [0.5, 0.6) is 0 Å². The molecule has 4 rings (SSSR count).